The van der Waals surface area contributed by atoms with Gasteiger partial charge in [-0.25, -0.2) is 8.42 Å². The normalized spacial score (nSPS) is 18.9. The fourth-order valence-electron chi connectivity index (χ4n) is 3.00. The van der Waals surface area contributed by atoms with Gasteiger partial charge < -0.3 is 9.47 Å². The summed E-state index contributed by atoms with van der Waals surface area (Å²) in [5, 5.41) is 0. The van der Waals surface area contributed by atoms with Gasteiger partial charge in [-0.1, -0.05) is 43.3 Å². The molecule has 1 fully saturated rings. The molecule has 0 bridgehead atoms. The lowest BCUT2D eigenvalue weighted by Gasteiger charge is -2.32. The molecule has 0 radical (unpaired) electrons. The molecular weight excluding hydrogens is 338 g/mol. The van der Waals surface area contributed by atoms with Crippen LogP contribution in [0.25, 0.3) is 0 Å². The van der Waals surface area contributed by atoms with Gasteiger partial charge in [-0.05, 0) is 29.7 Å². The van der Waals surface area contributed by atoms with Crippen LogP contribution in [0.1, 0.15) is 24.2 Å². The van der Waals surface area contributed by atoms with E-state index in [1.807, 2.05) is 43.3 Å². The molecule has 1 saturated heterocycles. The molecule has 0 unspecified atom stereocenters. The van der Waals surface area contributed by atoms with Crippen molar-refractivity contribution in [3.05, 3.63) is 59.7 Å². The standard InChI is InChI=1S/C19H23NO4S/c1-3-15-9-10-17(23-2)19(13-15)25(21,22)20-11-12-24-18(14-20)16-7-5-4-6-8-16/h4-10,13,18H,3,11-12,14H2,1-2H3/t18-/m0/s1. The largest absolute Gasteiger partial charge is 0.495 e. The number of sulfonamides is 1. The maximum Gasteiger partial charge on any atom is 0.246 e. The first-order valence-electron chi connectivity index (χ1n) is 8.40. The van der Waals surface area contributed by atoms with Gasteiger partial charge in [0.05, 0.1) is 19.8 Å². The van der Waals surface area contributed by atoms with Crippen molar-refractivity contribution in [3.8, 4) is 5.75 Å². The summed E-state index contributed by atoms with van der Waals surface area (Å²) in [6.45, 7) is 3.00. The Balaban J connectivity index is 1.92. The zero-order valence-corrected chi connectivity index (χ0v) is 15.3. The number of methoxy groups -OCH3 is 1. The summed E-state index contributed by atoms with van der Waals surface area (Å²) in [6.07, 6.45) is 0.507. The Kier molecular flexibility index (Phi) is 5.42. The minimum atomic E-state index is -3.65. The first-order chi connectivity index (χ1) is 12.1. The minimum Gasteiger partial charge on any atom is -0.495 e. The van der Waals surface area contributed by atoms with E-state index in [9.17, 15) is 8.42 Å². The Morgan fingerprint density at radius 2 is 1.96 bits per heavy atom. The molecule has 1 atom stereocenters. The Morgan fingerprint density at radius 3 is 2.64 bits per heavy atom. The molecule has 2 aromatic carbocycles. The molecule has 0 aliphatic carbocycles. The third kappa shape index (κ3) is 3.71. The van der Waals surface area contributed by atoms with Gasteiger partial charge >= 0.3 is 0 Å². The van der Waals surface area contributed by atoms with Crippen LogP contribution in [0.5, 0.6) is 5.75 Å². The molecule has 5 nitrogen and oxygen atoms in total. The van der Waals surface area contributed by atoms with E-state index >= 15 is 0 Å². The van der Waals surface area contributed by atoms with Crippen molar-refractivity contribution < 1.29 is 17.9 Å². The summed E-state index contributed by atoms with van der Waals surface area (Å²) < 4.78 is 39.0. The van der Waals surface area contributed by atoms with E-state index in [-0.39, 0.29) is 11.0 Å². The summed E-state index contributed by atoms with van der Waals surface area (Å²) >= 11 is 0. The fraction of sp³-hybridized carbons (Fsp3) is 0.368. The molecule has 1 aliphatic rings. The van der Waals surface area contributed by atoms with Gasteiger partial charge in [0.25, 0.3) is 0 Å². The highest BCUT2D eigenvalue weighted by Gasteiger charge is 2.33. The summed E-state index contributed by atoms with van der Waals surface area (Å²) in [7, 11) is -2.16. The van der Waals surface area contributed by atoms with Crippen LogP contribution in [-0.4, -0.2) is 39.5 Å². The van der Waals surface area contributed by atoms with Crippen molar-refractivity contribution in [1.29, 1.82) is 0 Å². The number of aryl methyl sites for hydroxylation is 1. The molecule has 0 spiro atoms. The number of morpholine rings is 1. The van der Waals surface area contributed by atoms with Crippen LogP contribution in [-0.2, 0) is 21.2 Å². The number of hydrogen-bond acceptors (Lipinski definition) is 4. The van der Waals surface area contributed by atoms with Gasteiger partial charge in [0.2, 0.25) is 10.0 Å². The molecule has 25 heavy (non-hydrogen) atoms. The zero-order chi connectivity index (χ0) is 17.9. The highest BCUT2D eigenvalue weighted by atomic mass is 32.2. The van der Waals surface area contributed by atoms with Gasteiger partial charge in [0, 0.05) is 13.1 Å². The fourth-order valence-corrected chi connectivity index (χ4v) is 4.63. The molecule has 134 valence electrons. The zero-order valence-electron chi connectivity index (χ0n) is 14.5. The quantitative estimate of drug-likeness (QED) is 0.821. The predicted octanol–water partition coefficient (Wildman–Crippen LogP) is 3.02. The second-order valence-electron chi connectivity index (χ2n) is 5.97. The average Bonchev–Trinajstić information content (AvgIpc) is 2.68. The smallest absolute Gasteiger partial charge is 0.246 e. The van der Waals surface area contributed by atoms with Gasteiger partial charge in [-0.15, -0.1) is 0 Å². The van der Waals surface area contributed by atoms with Crippen LogP contribution in [0, 0.1) is 0 Å². The van der Waals surface area contributed by atoms with Crippen molar-refractivity contribution in [3.63, 3.8) is 0 Å². The van der Waals surface area contributed by atoms with Crippen LogP contribution in [0.15, 0.2) is 53.4 Å². The molecule has 2 aromatic rings. The molecule has 6 heteroatoms. The van der Waals surface area contributed by atoms with E-state index < -0.39 is 10.0 Å². The van der Waals surface area contributed by atoms with E-state index in [2.05, 4.69) is 0 Å². The summed E-state index contributed by atoms with van der Waals surface area (Å²) in [4.78, 5) is 0.225. The van der Waals surface area contributed by atoms with E-state index in [1.54, 1.807) is 12.1 Å². The third-order valence-corrected chi connectivity index (χ3v) is 6.34. The lowest BCUT2D eigenvalue weighted by Crippen LogP contribution is -2.42. The van der Waals surface area contributed by atoms with E-state index in [0.29, 0.717) is 25.4 Å². The molecule has 3 rings (SSSR count). The van der Waals surface area contributed by atoms with Crippen LogP contribution >= 0.6 is 0 Å². The lowest BCUT2D eigenvalue weighted by atomic mass is 10.1. The molecular formula is C19H23NO4S. The highest BCUT2D eigenvalue weighted by Crippen LogP contribution is 2.31. The Hall–Kier alpha value is -1.89. The second-order valence-corrected chi connectivity index (χ2v) is 7.88. The maximum atomic E-state index is 13.2. The van der Waals surface area contributed by atoms with Crippen LogP contribution in [0.2, 0.25) is 0 Å². The molecule has 0 amide bonds. The van der Waals surface area contributed by atoms with Crippen LogP contribution in [0.4, 0.5) is 0 Å². The first kappa shape index (κ1) is 17.9. The Morgan fingerprint density at radius 1 is 1.20 bits per heavy atom. The predicted molar refractivity (Wildman–Crippen MR) is 96.3 cm³/mol. The molecule has 0 saturated carbocycles. The van der Waals surface area contributed by atoms with Gasteiger partial charge in [-0.2, -0.15) is 4.31 Å². The summed E-state index contributed by atoms with van der Waals surface area (Å²) in [6, 6.07) is 15.0. The SMILES string of the molecule is CCc1ccc(OC)c(S(=O)(=O)N2CCO[C@H](c3ccccc3)C2)c1. The molecule has 1 heterocycles. The van der Waals surface area contributed by atoms with Gasteiger partial charge in [0.15, 0.2) is 0 Å². The van der Waals surface area contributed by atoms with Crippen LogP contribution < -0.4 is 4.74 Å². The summed E-state index contributed by atoms with van der Waals surface area (Å²) in [5.41, 5.74) is 1.95. The van der Waals surface area contributed by atoms with Crippen molar-refractivity contribution in [2.45, 2.75) is 24.3 Å². The van der Waals surface area contributed by atoms with Gasteiger partial charge in [-0.3, -0.25) is 0 Å². The minimum absolute atomic E-state index is 0.225. The number of rotatable bonds is 5. The topological polar surface area (TPSA) is 55.8 Å². The van der Waals surface area contributed by atoms with Crippen molar-refractivity contribution in [1.82, 2.24) is 4.31 Å². The Labute approximate surface area is 149 Å². The summed E-state index contributed by atoms with van der Waals surface area (Å²) in [5.74, 6) is 0.375. The van der Waals surface area contributed by atoms with E-state index in [0.717, 1.165) is 17.5 Å². The number of ether oxygens (including phenoxy) is 2. The average molecular weight is 361 g/mol. The highest BCUT2D eigenvalue weighted by molar-refractivity contribution is 7.89. The Bertz CT molecular complexity index is 821. The number of benzene rings is 2. The van der Waals surface area contributed by atoms with Crippen LogP contribution in [0.3, 0.4) is 0 Å². The van der Waals surface area contributed by atoms with Crippen molar-refractivity contribution >= 4 is 10.0 Å². The van der Waals surface area contributed by atoms with Crippen molar-refractivity contribution in [2.75, 3.05) is 26.8 Å². The number of hydrogen-bond donors (Lipinski definition) is 0. The third-order valence-electron chi connectivity index (χ3n) is 4.45. The van der Waals surface area contributed by atoms with E-state index in [4.69, 9.17) is 9.47 Å². The van der Waals surface area contributed by atoms with Crippen molar-refractivity contribution in [2.24, 2.45) is 0 Å². The number of nitrogens with zero attached hydrogens (tertiary/aromatic N) is 1. The molecule has 0 N–H and O–H groups in total. The maximum absolute atomic E-state index is 13.2. The van der Waals surface area contributed by atoms with Gasteiger partial charge in [0.1, 0.15) is 10.6 Å². The van der Waals surface area contributed by atoms with E-state index in [1.165, 1.54) is 11.4 Å². The first-order valence-corrected chi connectivity index (χ1v) is 9.84. The lowest BCUT2D eigenvalue weighted by molar-refractivity contribution is -0.00259. The molecule has 1 aliphatic heterocycles. The molecule has 0 aromatic heterocycles. The second kappa shape index (κ2) is 7.56. The monoisotopic (exact) mass is 361 g/mol.